The average molecular weight is 318 g/mol. The number of piperidine rings is 1. The maximum absolute atomic E-state index is 10.9. The Bertz CT molecular complexity index is 512. The molecule has 0 aliphatic carbocycles. The Morgan fingerprint density at radius 1 is 1.13 bits per heavy atom. The molecule has 0 radical (unpaired) electrons. The summed E-state index contributed by atoms with van der Waals surface area (Å²) >= 11 is 0. The van der Waals surface area contributed by atoms with E-state index in [4.69, 9.17) is 9.84 Å². The number of carbonyl (C=O) groups is 1. The Hall–Kier alpha value is -1.43. The Labute approximate surface area is 137 Å². The highest BCUT2D eigenvalue weighted by atomic mass is 16.5. The van der Waals surface area contributed by atoms with Crippen molar-refractivity contribution in [3.05, 3.63) is 35.4 Å². The molecule has 0 aromatic heterocycles. The zero-order valence-corrected chi connectivity index (χ0v) is 13.6. The molecule has 0 saturated carbocycles. The molecule has 1 aromatic carbocycles. The van der Waals surface area contributed by atoms with Crippen LogP contribution in [0.4, 0.5) is 0 Å². The first kappa shape index (κ1) is 16.4. The molecule has 2 saturated heterocycles. The molecule has 2 aliphatic rings. The number of hydrogen-bond donors (Lipinski definition) is 1. The Morgan fingerprint density at radius 2 is 1.87 bits per heavy atom. The summed E-state index contributed by atoms with van der Waals surface area (Å²) in [7, 11) is 0. The van der Waals surface area contributed by atoms with Gasteiger partial charge in [-0.1, -0.05) is 18.6 Å². The number of aromatic carboxylic acids is 1. The van der Waals surface area contributed by atoms with E-state index in [1.807, 2.05) is 12.1 Å². The number of hydrogen-bond acceptors (Lipinski definition) is 4. The van der Waals surface area contributed by atoms with E-state index in [0.29, 0.717) is 11.6 Å². The van der Waals surface area contributed by atoms with Crippen LogP contribution in [0.1, 0.15) is 35.2 Å². The number of morpholine rings is 1. The number of benzene rings is 1. The van der Waals surface area contributed by atoms with Crippen molar-refractivity contribution in [2.75, 3.05) is 39.4 Å². The summed E-state index contributed by atoms with van der Waals surface area (Å²) in [6.07, 6.45) is 3.82. The van der Waals surface area contributed by atoms with E-state index < -0.39 is 5.97 Å². The van der Waals surface area contributed by atoms with Crippen LogP contribution in [0.15, 0.2) is 24.3 Å². The second-order valence-corrected chi connectivity index (χ2v) is 6.54. The third-order valence-corrected chi connectivity index (χ3v) is 4.91. The number of rotatable bonds is 5. The van der Waals surface area contributed by atoms with E-state index in [2.05, 4.69) is 9.80 Å². The lowest BCUT2D eigenvalue weighted by Crippen LogP contribution is -2.49. The molecule has 5 nitrogen and oxygen atoms in total. The fraction of sp³-hybridized carbons (Fsp3) is 0.611. The summed E-state index contributed by atoms with van der Waals surface area (Å²) < 4.78 is 5.44. The second-order valence-electron chi connectivity index (χ2n) is 6.54. The van der Waals surface area contributed by atoms with Crippen molar-refractivity contribution < 1.29 is 14.6 Å². The van der Waals surface area contributed by atoms with Crippen molar-refractivity contribution in [1.82, 2.24) is 9.80 Å². The van der Waals surface area contributed by atoms with Crippen molar-refractivity contribution in [2.45, 2.75) is 31.8 Å². The molecule has 0 amide bonds. The SMILES string of the molecule is O=C(O)c1ccc(CN2CCCCC2CN2CCOCC2)cc1. The summed E-state index contributed by atoms with van der Waals surface area (Å²) in [6, 6.07) is 7.91. The van der Waals surface area contributed by atoms with Gasteiger partial charge in [-0.2, -0.15) is 0 Å². The van der Waals surface area contributed by atoms with Crippen LogP contribution in [-0.4, -0.2) is 66.3 Å². The lowest BCUT2D eigenvalue weighted by atomic mass is 10.00. The Balaban J connectivity index is 1.60. The summed E-state index contributed by atoms with van der Waals surface area (Å²) in [6.45, 7) is 6.95. The fourth-order valence-electron chi connectivity index (χ4n) is 3.54. The molecule has 126 valence electrons. The highest BCUT2D eigenvalue weighted by Gasteiger charge is 2.25. The fourth-order valence-corrected chi connectivity index (χ4v) is 3.54. The number of carboxylic acids is 1. The maximum atomic E-state index is 10.9. The van der Waals surface area contributed by atoms with Crippen LogP contribution in [-0.2, 0) is 11.3 Å². The van der Waals surface area contributed by atoms with Gasteiger partial charge in [0.2, 0.25) is 0 Å². The van der Waals surface area contributed by atoms with E-state index in [0.717, 1.165) is 45.9 Å². The van der Waals surface area contributed by atoms with Crippen molar-refractivity contribution >= 4 is 5.97 Å². The largest absolute Gasteiger partial charge is 0.478 e. The van der Waals surface area contributed by atoms with Gasteiger partial charge >= 0.3 is 5.97 Å². The van der Waals surface area contributed by atoms with Crippen molar-refractivity contribution in [3.8, 4) is 0 Å². The molecular formula is C18H26N2O3. The van der Waals surface area contributed by atoms with E-state index in [9.17, 15) is 4.79 Å². The summed E-state index contributed by atoms with van der Waals surface area (Å²) in [4.78, 5) is 16.0. The van der Waals surface area contributed by atoms with Crippen LogP contribution in [0.5, 0.6) is 0 Å². The first-order valence-electron chi connectivity index (χ1n) is 8.59. The predicted octanol–water partition coefficient (Wildman–Crippen LogP) is 2.07. The first-order valence-corrected chi connectivity index (χ1v) is 8.59. The van der Waals surface area contributed by atoms with E-state index in [1.165, 1.54) is 24.8 Å². The molecule has 2 fully saturated rings. The predicted molar refractivity (Wildman–Crippen MR) is 88.7 cm³/mol. The molecule has 3 rings (SSSR count). The zero-order chi connectivity index (χ0) is 16.1. The van der Waals surface area contributed by atoms with Crippen molar-refractivity contribution in [2.24, 2.45) is 0 Å². The van der Waals surface area contributed by atoms with Gasteiger partial charge in [0.25, 0.3) is 0 Å². The van der Waals surface area contributed by atoms with E-state index >= 15 is 0 Å². The van der Waals surface area contributed by atoms with Gasteiger partial charge in [0, 0.05) is 32.2 Å². The van der Waals surface area contributed by atoms with Gasteiger partial charge in [0.15, 0.2) is 0 Å². The van der Waals surface area contributed by atoms with Gasteiger partial charge in [0.1, 0.15) is 0 Å². The molecule has 1 N–H and O–H groups in total. The second kappa shape index (κ2) is 7.90. The number of carboxylic acid groups (broad SMARTS) is 1. The van der Waals surface area contributed by atoms with Crippen LogP contribution in [0.2, 0.25) is 0 Å². The Morgan fingerprint density at radius 3 is 2.57 bits per heavy atom. The molecule has 23 heavy (non-hydrogen) atoms. The monoisotopic (exact) mass is 318 g/mol. The molecular weight excluding hydrogens is 292 g/mol. The van der Waals surface area contributed by atoms with Crippen LogP contribution >= 0.6 is 0 Å². The van der Waals surface area contributed by atoms with Crippen LogP contribution < -0.4 is 0 Å². The van der Waals surface area contributed by atoms with E-state index in [-0.39, 0.29) is 0 Å². The van der Waals surface area contributed by atoms with Crippen LogP contribution in [0, 0.1) is 0 Å². The average Bonchev–Trinajstić information content (AvgIpc) is 2.58. The molecule has 2 aliphatic heterocycles. The summed E-state index contributed by atoms with van der Waals surface area (Å²) in [5, 5.41) is 9.00. The zero-order valence-electron chi connectivity index (χ0n) is 13.6. The lowest BCUT2D eigenvalue weighted by molar-refractivity contribution is 0.0153. The smallest absolute Gasteiger partial charge is 0.335 e. The first-order chi connectivity index (χ1) is 11.2. The molecule has 1 atom stereocenters. The minimum Gasteiger partial charge on any atom is -0.478 e. The molecule has 1 aromatic rings. The van der Waals surface area contributed by atoms with E-state index in [1.54, 1.807) is 12.1 Å². The number of likely N-dealkylation sites (tertiary alicyclic amines) is 1. The third-order valence-electron chi connectivity index (χ3n) is 4.91. The van der Waals surface area contributed by atoms with Gasteiger partial charge in [0.05, 0.1) is 18.8 Å². The molecule has 2 heterocycles. The number of ether oxygens (including phenoxy) is 1. The van der Waals surface area contributed by atoms with Gasteiger partial charge < -0.3 is 9.84 Å². The summed E-state index contributed by atoms with van der Waals surface area (Å²) in [5.41, 5.74) is 1.56. The Kier molecular flexibility index (Phi) is 5.65. The van der Waals surface area contributed by atoms with Crippen molar-refractivity contribution in [3.63, 3.8) is 0 Å². The van der Waals surface area contributed by atoms with Gasteiger partial charge in [-0.15, -0.1) is 0 Å². The molecule has 0 bridgehead atoms. The minimum absolute atomic E-state index is 0.359. The quantitative estimate of drug-likeness (QED) is 0.901. The minimum atomic E-state index is -0.861. The maximum Gasteiger partial charge on any atom is 0.335 e. The lowest BCUT2D eigenvalue weighted by Gasteiger charge is -2.39. The van der Waals surface area contributed by atoms with Gasteiger partial charge in [-0.25, -0.2) is 4.79 Å². The van der Waals surface area contributed by atoms with Crippen molar-refractivity contribution in [1.29, 1.82) is 0 Å². The molecule has 5 heteroatoms. The summed E-state index contributed by atoms with van der Waals surface area (Å²) in [5.74, 6) is -0.861. The van der Waals surface area contributed by atoms with Crippen LogP contribution in [0.25, 0.3) is 0 Å². The molecule has 1 unspecified atom stereocenters. The third kappa shape index (κ3) is 4.53. The normalized spacial score (nSPS) is 23.7. The highest BCUT2D eigenvalue weighted by Crippen LogP contribution is 2.21. The van der Waals surface area contributed by atoms with Gasteiger partial charge in [-0.3, -0.25) is 9.80 Å². The standard InChI is InChI=1S/C18H26N2O3/c21-18(22)16-6-4-15(5-7-16)13-20-8-2-1-3-17(20)14-19-9-11-23-12-10-19/h4-7,17H,1-3,8-14H2,(H,21,22). The van der Waals surface area contributed by atoms with Gasteiger partial charge in [-0.05, 0) is 37.1 Å². The van der Waals surface area contributed by atoms with Crippen LogP contribution in [0.3, 0.4) is 0 Å². The highest BCUT2D eigenvalue weighted by molar-refractivity contribution is 5.87. The molecule has 0 spiro atoms. The topological polar surface area (TPSA) is 53.0 Å². The number of nitrogens with zero attached hydrogens (tertiary/aromatic N) is 2.